The second-order valence-electron chi connectivity index (χ2n) is 5.38. The Hall–Kier alpha value is -2.08. The summed E-state index contributed by atoms with van der Waals surface area (Å²) in [5.41, 5.74) is 0.994. The lowest BCUT2D eigenvalue weighted by atomic mass is 10.2. The smallest absolute Gasteiger partial charge is 0.287 e. The number of benzene rings is 1. The van der Waals surface area contributed by atoms with Crippen molar-refractivity contribution in [2.45, 2.75) is 31.7 Å². The van der Waals surface area contributed by atoms with Gasteiger partial charge in [-0.05, 0) is 45.0 Å². The Morgan fingerprint density at radius 1 is 1.14 bits per heavy atom. The first kappa shape index (κ1) is 16.3. The van der Waals surface area contributed by atoms with Crippen molar-refractivity contribution in [2.75, 3.05) is 5.75 Å². The van der Waals surface area contributed by atoms with Crippen LogP contribution in [0.2, 0.25) is 0 Å². The lowest BCUT2D eigenvalue weighted by molar-refractivity contribution is 0.0914. The summed E-state index contributed by atoms with van der Waals surface area (Å²) >= 11 is 0. The monoisotopic (exact) mass is 321 g/mol. The van der Waals surface area contributed by atoms with Crippen molar-refractivity contribution < 1.29 is 17.6 Å². The third kappa shape index (κ3) is 3.98. The van der Waals surface area contributed by atoms with E-state index in [4.69, 9.17) is 4.42 Å². The quantitative estimate of drug-likeness (QED) is 0.918. The molecule has 1 atom stereocenters. The van der Waals surface area contributed by atoms with E-state index in [9.17, 15) is 13.2 Å². The summed E-state index contributed by atoms with van der Waals surface area (Å²) < 4.78 is 29.8. The van der Waals surface area contributed by atoms with Crippen molar-refractivity contribution in [2.24, 2.45) is 0 Å². The van der Waals surface area contributed by atoms with Crippen LogP contribution in [0.4, 0.5) is 0 Å². The Bertz CT molecular complexity index is 760. The molecule has 1 N–H and O–H groups in total. The molecule has 0 aliphatic carbocycles. The van der Waals surface area contributed by atoms with E-state index in [2.05, 4.69) is 5.32 Å². The zero-order chi connectivity index (χ0) is 16.3. The highest BCUT2D eigenvalue weighted by atomic mass is 32.2. The Balaban J connectivity index is 2.03. The third-order valence-corrected chi connectivity index (χ3v) is 5.12. The van der Waals surface area contributed by atoms with Crippen LogP contribution in [0.5, 0.6) is 0 Å². The molecule has 1 aromatic heterocycles. The van der Waals surface area contributed by atoms with E-state index in [1.165, 1.54) is 0 Å². The van der Waals surface area contributed by atoms with Crippen molar-refractivity contribution in [1.29, 1.82) is 0 Å². The number of amides is 1. The molecule has 1 aromatic carbocycles. The van der Waals surface area contributed by atoms with Gasteiger partial charge in [-0.25, -0.2) is 8.42 Å². The maximum Gasteiger partial charge on any atom is 0.287 e. The first-order valence-electron chi connectivity index (χ1n) is 6.94. The minimum Gasteiger partial charge on any atom is -0.456 e. The van der Waals surface area contributed by atoms with Gasteiger partial charge in [0.2, 0.25) is 0 Å². The summed E-state index contributed by atoms with van der Waals surface area (Å²) in [4.78, 5) is 12.2. The molecule has 1 heterocycles. The fraction of sp³-hybridized carbons (Fsp3) is 0.312. The van der Waals surface area contributed by atoms with E-state index < -0.39 is 21.8 Å². The zero-order valence-corrected chi connectivity index (χ0v) is 13.6. The molecule has 0 radical (unpaired) electrons. The van der Waals surface area contributed by atoms with Gasteiger partial charge in [0, 0.05) is 6.04 Å². The van der Waals surface area contributed by atoms with Gasteiger partial charge in [0.15, 0.2) is 15.6 Å². The van der Waals surface area contributed by atoms with Crippen molar-refractivity contribution in [3.63, 3.8) is 0 Å². The average Bonchev–Trinajstić information content (AvgIpc) is 2.85. The third-order valence-electron chi connectivity index (χ3n) is 3.19. The van der Waals surface area contributed by atoms with E-state index in [1.54, 1.807) is 50.2 Å². The summed E-state index contributed by atoms with van der Waals surface area (Å²) in [6, 6.07) is 9.38. The molecule has 0 saturated carbocycles. The molecule has 1 amide bonds. The summed E-state index contributed by atoms with van der Waals surface area (Å²) in [6.45, 7) is 5.28. The normalized spacial score (nSPS) is 12.9. The number of carbonyl (C=O) groups is 1. The second-order valence-corrected chi connectivity index (χ2v) is 7.41. The SMILES string of the molecule is Cc1ccc(S(=O)(=O)CC(C)NC(=O)c2ccc(C)o2)cc1. The molecule has 2 rings (SSSR count). The van der Waals surface area contributed by atoms with Crippen molar-refractivity contribution in [3.8, 4) is 0 Å². The van der Waals surface area contributed by atoms with E-state index in [1.807, 2.05) is 6.92 Å². The lowest BCUT2D eigenvalue weighted by Gasteiger charge is -2.13. The van der Waals surface area contributed by atoms with Crippen LogP contribution in [0.25, 0.3) is 0 Å². The van der Waals surface area contributed by atoms with Gasteiger partial charge in [0.05, 0.1) is 10.6 Å². The summed E-state index contributed by atoms with van der Waals surface area (Å²) in [7, 11) is -3.44. The van der Waals surface area contributed by atoms with Crippen LogP contribution in [-0.2, 0) is 9.84 Å². The van der Waals surface area contributed by atoms with Gasteiger partial charge in [0.25, 0.3) is 5.91 Å². The maximum atomic E-state index is 12.3. The Kier molecular flexibility index (Phi) is 4.71. The predicted octanol–water partition coefficient (Wildman–Crippen LogP) is 2.49. The molecule has 2 aromatic rings. The summed E-state index contributed by atoms with van der Waals surface area (Å²) in [5.74, 6) is 0.225. The van der Waals surface area contributed by atoms with E-state index >= 15 is 0 Å². The minimum absolute atomic E-state index is 0.165. The van der Waals surface area contributed by atoms with Crippen LogP contribution < -0.4 is 5.32 Å². The van der Waals surface area contributed by atoms with Gasteiger partial charge in [-0.1, -0.05) is 17.7 Å². The molecular formula is C16H19NO4S. The summed E-state index contributed by atoms with van der Waals surface area (Å²) in [5, 5.41) is 2.63. The first-order chi connectivity index (χ1) is 10.3. The average molecular weight is 321 g/mol. The highest BCUT2D eigenvalue weighted by Crippen LogP contribution is 2.13. The topological polar surface area (TPSA) is 76.4 Å². The molecule has 0 saturated heterocycles. The number of carbonyl (C=O) groups excluding carboxylic acids is 1. The Labute approximate surface area is 130 Å². The number of furan rings is 1. The van der Waals surface area contributed by atoms with E-state index in [0.29, 0.717) is 5.76 Å². The zero-order valence-electron chi connectivity index (χ0n) is 12.8. The standard InChI is InChI=1S/C16H19NO4S/c1-11-4-7-14(8-5-11)22(19,20)10-12(2)17-16(18)15-9-6-13(3)21-15/h4-9,12H,10H2,1-3H3,(H,17,18). The van der Waals surface area contributed by atoms with Gasteiger partial charge in [-0.3, -0.25) is 4.79 Å². The second kappa shape index (κ2) is 6.36. The predicted molar refractivity (Wildman–Crippen MR) is 83.6 cm³/mol. The number of sulfone groups is 1. The number of nitrogens with one attached hydrogen (secondary N) is 1. The van der Waals surface area contributed by atoms with Crippen LogP contribution in [0.15, 0.2) is 45.7 Å². The molecule has 0 fully saturated rings. The minimum atomic E-state index is -3.44. The number of hydrogen-bond acceptors (Lipinski definition) is 4. The van der Waals surface area contributed by atoms with Gasteiger partial charge < -0.3 is 9.73 Å². The molecule has 22 heavy (non-hydrogen) atoms. The van der Waals surface area contributed by atoms with Gasteiger partial charge in [0.1, 0.15) is 5.76 Å². The van der Waals surface area contributed by atoms with Crippen LogP contribution in [-0.4, -0.2) is 26.1 Å². The van der Waals surface area contributed by atoms with Gasteiger partial charge in [-0.2, -0.15) is 0 Å². The highest BCUT2D eigenvalue weighted by Gasteiger charge is 2.21. The van der Waals surface area contributed by atoms with E-state index in [-0.39, 0.29) is 16.4 Å². The van der Waals surface area contributed by atoms with Gasteiger partial charge >= 0.3 is 0 Å². The molecule has 0 spiro atoms. The fourth-order valence-corrected chi connectivity index (χ4v) is 3.55. The van der Waals surface area contributed by atoms with Crippen molar-refractivity contribution in [1.82, 2.24) is 5.32 Å². The van der Waals surface area contributed by atoms with Gasteiger partial charge in [-0.15, -0.1) is 0 Å². The van der Waals surface area contributed by atoms with E-state index in [0.717, 1.165) is 5.56 Å². The molecule has 1 unspecified atom stereocenters. The van der Waals surface area contributed by atoms with Crippen molar-refractivity contribution in [3.05, 3.63) is 53.5 Å². The molecular weight excluding hydrogens is 302 g/mol. The largest absolute Gasteiger partial charge is 0.456 e. The highest BCUT2D eigenvalue weighted by molar-refractivity contribution is 7.91. The number of aryl methyl sites for hydroxylation is 2. The first-order valence-corrected chi connectivity index (χ1v) is 8.60. The summed E-state index contributed by atoms with van der Waals surface area (Å²) in [6.07, 6.45) is 0. The Morgan fingerprint density at radius 3 is 2.32 bits per heavy atom. The fourth-order valence-electron chi connectivity index (χ4n) is 2.06. The molecule has 0 aliphatic heterocycles. The van der Waals surface area contributed by atoms with Crippen molar-refractivity contribution >= 4 is 15.7 Å². The van der Waals surface area contributed by atoms with Crippen LogP contribution in [0.3, 0.4) is 0 Å². The van der Waals surface area contributed by atoms with Crippen LogP contribution in [0.1, 0.15) is 28.8 Å². The maximum absolute atomic E-state index is 12.3. The molecule has 5 nitrogen and oxygen atoms in total. The molecule has 6 heteroatoms. The number of hydrogen-bond donors (Lipinski definition) is 1. The van der Waals surface area contributed by atoms with Crippen LogP contribution in [0, 0.1) is 13.8 Å². The molecule has 118 valence electrons. The lowest BCUT2D eigenvalue weighted by Crippen LogP contribution is -2.37. The number of rotatable bonds is 5. The molecule has 0 bridgehead atoms. The Morgan fingerprint density at radius 2 is 1.77 bits per heavy atom. The van der Waals surface area contributed by atoms with Crippen LogP contribution >= 0.6 is 0 Å². The molecule has 0 aliphatic rings.